The minimum absolute atomic E-state index is 0.00258. The second-order valence-corrected chi connectivity index (χ2v) is 5.38. The zero-order chi connectivity index (χ0) is 11.1. The summed E-state index contributed by atoms with van der Waals surface area (Å²) in [5.41, 5.74) is 2.73. The van der Waals surface area contributed by atoms with Gasteiger partial charge in [0.15, 0.2) is 0 Å². The quantitative estimate of drug-likeness (QED) is 0.674. The van der Waals surface area contributed by atoms with E-state index in [0.717, 1.165) is 18.6 Å². The molecule has 0 radical (unpaired) electrons. The van der Waals surface area contributed by atoms with Crippen LogP contribution in [0.4, 0.5) is 0 Å². The summed E-state index contributed by atoms with van der Waals surface area (Å²) in [7, 11) is 0. The van der Waals surface area contributed by atoms with E-state index >= 15 is 0 Å². The zero-order valence-electron chi connectivity index (χ0n) is 10.1. The first-order valence-electron chi connectivity index (χ1n) is 5.80. The molecule has 0 amide bonds. The molecule has 1 aromatic carbocycles. The van der Waals surface area contributed by atoms with Crippen molar-refractivity contribution in [2.75, 3.05) is 0 Å². The molecule has 1 aliphatic rings. The van der Waals surface area contributed by atoms with Gasteiger partial charge < -0.3 is 4.74 Å². The van der Waals surface area contributed by atoms with Crippen LogP contribution in [0.5, 0.6) is 5.75 Å². The van der Waals surface area contributed by atoms with E-state index in [1.165, 1.54) is 11.1 Å². The highest BCUT2D eigenvalue weighted by molar-refractivity contribution is 5.40. The van der Waals surface area contributed by atoms with Gasteiger partial charge in [-0.3, -0.25) is 0 Å². The van der Waals surface area contributed by atoms with Gasteiger partial charge in [-0.25, -0.2) is 0 Å². The Balaban J connectivity index is 2.35. The number of hydrogen-bond donors (Lipinski definition) is 0. The monoisotopic (exact) mass is 204 g/mol. The number of aryl methyl sites for hydroxylation is 1. The number of hydrogen-bond acceptors (Lipinski definition) is 1. The summed E-state index contributed by atoms with van der Waals surface area (Å²) in [6.07, 6.45) is 2.25. The highest BCUT2D eigenvalue weighted by Gasteiger charge is 2.26. The first kappa shape index (κ1) is 10.5. The van der Waals surface area contributed by atoms with Crippen LogP contribution in [0.15, 0.2) is 18.2 Å². The third-order valence-corrected chi connectivity index (χ3v) is 3.14. The molecule has 82 valence electrons. The molecular formula is C14H20O. The summed E-state index contributed by atoms with van der Waals surface area (Å²) in [5.74, 6) is 1.67. The summed E-state index contributed by atoms with van der Waals surface area (Å²) < 4.78 is 6.01. The zero-order valence-corrected chi connectivity index (χ0v) is 10.1. The lowest BCUT2D eigenvalue weighted by atomic mass is 9.92. The van der Waals surface area contributed by atoms with Gasteiger partial charge in [-0.1, -0.05) is 26.0 Å². The summed E-state index contributed by atoms with van der Waals surface area (Å²) in [6.45, 7) is 8.77. The first-order valence-corrected chi connectivity index (χ1v) is 5.80. The highest BCUT2D eigenvalue weighted by Crippen LogP contribution is 2.34. The van der Waals surface area contributed by atoms with Crippen molar-refractivity contribution in [2.45, 2.75) is 52.1 Å². The average Bonchev–Trinajstić information content (AvgIpc) is 2.15. The third-order valence-electron chi connectivity index (χ3n) is 3.14. The Morgan fingerprint density at radius 3 is 2.67 bits per heavy atom. The van der Waals surface area contributed by atoms with Gasteiger partial charge in [0, 0.05) is 0 Å². The highest BCUT2D eigenvalue weighted by atomic mass is 16.5. The molecule has 1 nitrogen and oxygen atoms in total. The molecule has 2 rings (SSSR count). The molecule has 0 fully saturated rings. The van der Waals surface area contributed by atoms with E-state index in [1.54, 1.807) is 0 Å². The fourth-order valence-electron chi connectivity index (χ4n) is 2.02. The lowest BCUT2D eigenvalue weighted by Crippen LogP contribution is -2.32. The second-order valence-electron chi connectivity index (χ2n) is 5.38. The van der Waals surface area contributed by atoms with Crippen LogP contribution in [0.3, 0.4) is 0 Å². The summed E-state index contributed by atoms with van der Waals surface area (Å²) in [6, 6.07) is 6.66. The SMILES string of the molecule is CC(C)c1ccc2c(c1)OC(C)(C)CC2. The number of benzene rings is 1. The van der Waals surface area contributed by atoms with Crippen LogP contribution in [0, 0.1) is 0 Å². The van der Waals surface area contributed by atoms with Gasteiger partial charge in [0.05, 0.1) is 0 Å². The first-order chi connectivity index (χ1) is 6.98. The molecule has 1 aliphatic heterocycles. The van der Waals surface area contributed by atoms with Crippen molar-refractivity contribution in [1.82, 2.24) is 0 Å². The second kappa shape index (κ2) is 3.55. The van der Waals surface area contributed by atoms with Crippen molar-refractivity contribution < 1.29 is 4.74 Å². The van der Waals surface area contributed by atoms with Gasteiger partial charge in [-0.15, -0.1) is 0 Å². The fourth-order valence-corrected chi connectivity index (χ4v) is 2.02. The Morgan fingerprint density at radius 2 is 2.00 bits per heavy atom. The Morgan fingerprint density at radius 1 is 1.27 bits per heavy atom. The van der Waals surface area contributed by atoms with Crippen LogP contribution in [0.2, 0.25) is 0 Å². The van der Waals surface area contributed by atoms with E-state index in [-0.39, 0.29) is 5.60 Å². The summed E-state index contributed by atoms with van der Waals surface area (Å²) >= 11 is 0. The number of fused-ring (bicyclic) bond motifs is 1. The average molecular weight is 204 g/mol. The van der Waals surface area contributed by atoms with Gasteiger partial charge in [0.25, 0.3) is 0 Å². The minimum atomic E-state index is 0.00258. The van der Waals surface area contributed by atoms with Crippen LogP contribution in [0.1, 0.15) is 51.2 Å². The maximum atomic E-state index is 6.01. The van der Waals surface area contributed by atoms with Crippen molar-refractivity contribution in [1.29, 1.82) is 0 Å². The minimum Gasteiger partial charge on any atom is -0.488 e. The maximum Gasteiger partial charge on any atom is 0.123 e. The molecule has 1 heteroatoms. The summed E-state index contributed by atoms with van der Waals surface area (Å²) in [4.78, 5) is 0. The van der Waals surface area contributed by atoms with E-state index in [9.17, 15) is 0 Å². The van der Waals surface area contributed by atoms with Crippen molar-refractivity contribution >= 4 is 0 Å². The molecule has 1 aromatic rings. The largest absolute Gasteiger partial charge is 0.488 e. The lowest BCUT2D eigenvalue weighted by Gasteiger charge is -2.33. The van der Waals surface area contributed by atoms with Gasteiger partial charge in [0.2, 0.25) is 0 Å². The number of rotatable bonds is 1. The standard InChI is InChI=1S/C14H20O/c1-10(2)12-6-5-11-7-8-14(3,4)15-13(11)9-12/h5-6,9-10H,7-8H2,1-4H3. The van der Waals surface area contributed by atoms with Crippen molar-refractivity contribution in [3.05, 3.63) is 29.3 Å². The fraction of sp³-hybridized carbons (Fsp3) is 0.571. The molecule has 15 heavy (non-hydrogen) atoms. The van der Waals surface area contributed by atoms with E-state index < -0.39 is 0 Å². The Hall–Kier alpha value is -0.980. The molecule has 0 atom stereocenters. The predicted molar refractivity (Wildman–Crippen MR) is 63.6 cm³/mol. The van der Waals surface area contributed by atoms with E-state index in [0.29, 0.717) is 5.92 Å². The molecule has 0 saturated heterocycles. The van der Waals surface area contributed by atoms with Crippen LogP contribution in [-0.2, 0) is 6.42 Å². The molecular weight excluding hydrogens is 184 g/mol. The van der Waals surface area contributed by atoms with Crippen LogP contribution in [-0.4, -0.2) is 5.60 Å². The molecule has 0 N–H and O–H groups in total. The van der Waals surface area contributed by atoms with Crippen LogP contribution < -0.4 is 4.74 Å². The maximum absolute atomic E-state index is 6.01. The van der Waals surface area contributed by atoms with E-state index in [4.69, 9.17) is 4.74 Å². The van der Waals surface area contributed by atoms with Crippen LogP contribution in [0.25, 0.3) is 0 Å². The summed E-state index contributed by atoms with van der Waals surface area (Å²) in [5, 5.41) is 0. The smallest absolute Gasteiger partial charge is 0.123 e. The van der Waals surface area contributed by atoms with Crippen molar-refractivity contribution in [3.63, 3.8) is 0 Å². The lowest BCUT2D eigenvalue weighted by molar-refractivity contribution is 0.0845. The Bertz CT molecular complexity index is 364. The predicted octanol–water partition coefficient (Wildman–Crippen LogP) is 3.91. The van der Waals surface area contributed by atoms with Gasteiger partial charge in [-0.05, 0) is 49.8 Å². The molecule has 0 unspecified atom stereocenters. The van der Waals surface area contributed by atoms with Crippen LogP contribution >= 0.6 is 0 Å². The Kier molecular flexibility index (Phi) is 2.49. The third kappa shape index (κ3) is 2.17. The molecule has 0 aliphatic carbocycles. The molecule has 1 heterocycles. The van der Waals surface area contributed by atoms with Crippen molar-refractivity contribution in [2.24, 2.45) is 0 Å². The molecule has 0 saturated carbocycles. The van der Waals surface area contributed by atoms with E-state index in [1.807, 2.05) is 0 Å². The topological polar surface area (TPSA) is 9.23 Å². The molecule has 0 bridgehead atoms. The van der Waals surface area contributed by atoms with Gasteiger partial charge in [-0.2, -0.15) is 0 Å². The normalized spacial score (nSPS) is 18.5. The number of ether oxygens (including phenoxy) is 1. The van der Waals surface area contributed by atoms with Gasteiger partial charge in [0.1, 0.15) is 11.4 Å². The van der Waals surface area contributed by atoms with Crippen molar-refractivity contribution in [3.8, 4) is 5.75 Å². The molecule has 0 spiro atoms. The van der Waals surface area contributed by atoms with E-state index in [2.05, 4.69) is 45.9 Å². The Labute approximate surface area is 92.5 Å². The molecule has 0 aromatic heterocycles. The van der Waals surface area contributed by atoms with Gasteiger partial charge >= 0.3 is 0 Å².